The van der Waals surface area contributed by atoms with Gasteiger partial charge < -0.3 is 5.73 Å². The van der Waals surface area contributed by atoms with Crippen molar-refractivity contribution in [2.24, 2.45) is 5.73 Å². The molecule has 0 fully saturated rings. The van der Waals surface area contributed by atoms with Gasteiger partial charge in [0.2, 0.25) is 0 Å². The van der Waals surface area contributed by atoms with E-state index in [4.69, 9.17) is 5.73 Å². The first-order valence-electron chi connectivity index (χ1n) is 4.91. The third-order valence-electron chi connectivity index (χ3n) is 2.53. The van der Waals surface area contributed by atoms with Crippen molar-refractivity contribution in [2.45, 2.75) is 25.8 Å². The Kier molecular flexibility index (Phi) is 2.38. The summed E-state index contributed by atoms with van der Waals surface area (Å²) in [4.78, 5) is 0. The van der Waals surface area contributed by atoms with Crippen LogP contribution in [0.2, 0.25) is 0 Å². The van der Waals surface area contributed by atoms with Crippen LogP contribution in [0, 0.1) is 5.82 Å². The summed E-state index contributed by atoms with van der Waals surface area (Å²) in [5, 5.41) is 0. The molecule has 1 aromatic rings. The minimum Gasteiger partial charge on any atom is -0.328 e. The molecule has 0 aliphatic heterocycles. The molecule has 1 nitrogen and oxygen atoms in total. The second-order valence-corrected chi connectivity index (χ2v) is 3.89. The molecule has 0 spiro atoms. The van der Waals surface area contributed by atoms with E-state index in [0.717, 1.165) is 29.5 Å². The fourth-order valence-electron chi connectivity index (χ4n) is 1.97. The Balaban J connectivity index is 2.35. The lowest BCUT2D eigenvalue weighted by molar-refractivity contribution is 0.621. The molecule has 74 valence electrons. The highest BCUT2D eigenvalue weighted by Gasteiger charge is 2.18. The lowest BCUT2D eigenvalue weighted by Gasteiger charge is -2.09. The Labute approximate surface area is 83.4 Å². The molecule has 0 amide bonds. The zero-order valence-electron chi connectivity index (χ0n) is 8.26. The van der Waals surface area contributed by atoms with Gasteiger partial charge in [-0.2, -0.15) is 0 Å². The fraction of sp³-hybridized carbons (Fsp3) is 0.333. The smallest absolute Gasteiger partial charge is 0.130 e. The second kappa shape index (κ2) is 3.54. The van der Waals surface area contributed by atoms with Crippen molar-refractivity contribution in [3.8, 4) is 0 Å². The first-order valence-corrected chi connectivity index (χ1v) is 4.91. The van der Waals surface area contributed by atoms with Crippen LogP contribution in [0.25, 0.3) is 5.57 Å². The van der Waals surface area contributed by atoms with Crippen LogP contribution >= 0.6 is 0 Å². The highest BCUT2D eigenvalue weighted by Crippen LogP contribution is 2.32. The quantitative estimate of drug-likeness (QED) is 0.763. The monoisotopic (exact) mass is 191 g/mol. The van der Waals surface area contributed by atoms with Crippen LogP contribution < -0.4 is 5.73 Å². The third-order valence-corrected chi connectivity index (χ3v) is 2.53. The lowest BCUT2D eigenvalue weighted by atomic mass is 10.0. The van der Waals surface area contributed by atoms with Crippen LogP contribution in [-0.2, 0) is 6.42 Å². The molecule has 1 aliphatic rings. The Morgan fingerprint density at radius 2 is 2.29 bits per heavy atom. The molecule has 2 N–H and O–H groups in total. The summed E-state index contributed by atoms with van der Waals surface area (Å²) in [6, 6.07) is 5.34. The summed E-state index contributed by atoms with van der Waals surface area (Å²) in [5.74, 6) is -0.119. The summed E-state index contributed by atoms with van der Waals surface area (Å²) in [6.07, 6.45) is 3.68. The molecular formula is C12H14FN. The average molecular weight is 191 g/mol. The number of allylic oxidation sites excluding steroid dienone is 1. The number of nitrogens with two attached hydrogens (primary N) is 1. The van der Waals surface area contributed by atoms with Crippen LogP contribution in [0.1, 0.15) is 24.5 Å². The van der Waals surface area contributed by atoms with Gasteiger partial charge in [0.1, 0.15) is 5.82 Å². The van der Waals surface area contributed by atoms with Gasteiger partial charge in [-0.1, -0.05) is 18.2 Å². The van der Waals surface area contributed by atoms with E-state index in [1.165, 1.54) is 6.07 Å². The Bertz CT molecular complexity index is 380. The maximum atomic E-state index is 13.5. The lowest BCUT2D eigenvalue weighted by Crippen LogP contribution is -2.14. The minimum atomic E-state index is -0.119. The molecule has 0 saturated heterocycles. The van der Waals surface area contributed by atoms with Crippen molar-refractivity contribution >= 4 is 5.57 Å². The molecule has 2 rings (SSSR count). The van der Waals surface area contributed by atoms with Gasteiger partial charge >= 0.3 is 0 Å². The van der Waals surface area contributed by atoms with Gasteiger partial charge in [0.25, 0.3) is 0 Å². The maximum absolute atomic E-state index is 13.5. The molecule has 0 bridgehead atoms. The number of hydrogen-bond acceptors (Lipinski definition) is 1. The van der Waals surface area contributed by atoms with E-state index >= 15 is 0 Å². The number of benzene rings is 1. The number of rotatable bonds is 2. The normalized spacial score (nSPS) is 16.4. The fourth-order valence-corrected chi connectivity index (χ4v) is 1.97. The van der Waals surface area contributed by atoms with Crippen LogP contribution in [0.4, 0.5) is 4.39 Å². The maximum Gasteiger partial charge on any atom is 0.130 e. The summed E-state index contributed by atoms with van der Waals surface area (Å²) in [6.45, 7) is 1.94. The molecule has 0 radical (unpaired) electrons. The van der Waals surface area contributed by atoms with E-state index in [-0.39, 0.29) is 11.9 Å². The standard InChI is InChI=1S/C12H14FN/c1-8(14)7-10-6-5-9-3-2-4-11(13)12(9)10/h2-4,6,8H,5,7,14H2,1H3. The van der Waals surface area contributed by atoms with Crippen LogP contribution in [0.15, 0.2) is 24.3 Å². The highest BCUT2D eigenvalue weighted by molar-refractivity contribution is 5.73. The van der Waals surface area contributed by atoms with Gasteiger partial charge in [0, 0.05) is 11.6 Å². The zero-order valence-corrected chi connectivity index (χ0v) is 8.26. The van der Waals surface area contributed by atoms with Crippen LogP contribution in [0.5, 0.6) is 0 Å². The number of halogens is 1. The molecule has 1 aliphatic carbocycles. The third kappa shape index (κ3) is 1.58. The SMILES string of the molecule is CC(N)CC1=CCc2cccc(F)c21. The summed E-state index contributed by atoms with van der Waals surface area (Å²) >= 11 is 0. The zero-order chi connectivity index (χ0) is 10.1. The van der Waals surface area contributed by atoms with Gasteiger partial charge in [-0.25, -0.2) is 4.39 Å². The molecule has 1 aromatic carbocycles. The average Bonchev–Trinajstić information content (AvgIpc) is 2.49. The predicted octanol–water partition coefficient (Wildman–Crippen LogP) is 2.50. The Morgan fingerprint density at radius 3 is 3.00 bits per heavy atom. The number of fused-ring (bicyclic) bond motifs is 1. The second-order valence-electron chi connectivity index (χ2n) is 3.89. The number of hydrogen-bond donors (Lipinski definition) is 1. The van der Waals surface area contributed by atoms with E-state index in [9.17, 15) is 4.39 Å². The van der Waals surface area contributed by atoms with E-state index in [1.807, 2.05) is 13.0 Å². The Morgan fingerprint density at radius 1 is 1.50 bits per heavy atom. The minimum absolute atomic E-state index is 0.0896. The van der Waals surface area contributed by atoms with Crippen molar-refractivity contribution in [3.05, 3.63) is 41.2 Å². The summed E-state index contributed by atoms with van der Waals surface area (Å²) < 4.78 is 13.5. The molecule has 1 atom stereocenters. The molecule has 2 heteroatoms. The molecule has 0 heterocycles. The van der Waals surface area contributed by atoms with Crippen LogP contribution in [0.3, 0.4) is 0 Å². The largest absolute Gasteiger partial charge is 0.328 e. The van der Waals surface area contributed by atoms with Gasteiger partial charge in [0.05, 0.1) is 0 Å². The molecule has 0 saturated carbocycles. The van der Waals surface area contributed by atoms with Gasteiger partial charge in [-0.3, -0.25) is 0 Å². The van der Waals surface area contributed by atoms with Gasteiger partial charge in [-0.15, -0.1) is 0 Å². The summed E-state index contributed by atoms with van der Waals surface area (Å²) in [5.41, 5.74) is 8.65. The first kappa shape index (κ1) is 9.41. The van der Waals surface area contributed by atoms with Gasteiger partial charge in [0.15, 0.2) is 0 Å². The van der Waals surface area contributed by atoms with E-state index in [1.54, 1.807) is 6.07 Å². The topological polar surface area (TPSA) is 26.0 Å². The highest BCUT2D eigenvalue weighted by atomic mass is 19.1. The molecule has 14 heavy (non-hydrogen) atoms. The van der Waals surface area contributed by atoms with Crippen LogP contribution in [-0.4, -0.2) is 6.04 Å². The van der Waals surface area contributed by atoms with E-state index in [0.29, 0.717) is 0 Å². The van der Waals surface area contributed by atoms with Crippen molar-refractivity contribution in [2.75, 3.05) is 0 Å². The first-order chi connectivity index (χ1) is 6.68. The molecule has 1 unspecified atom stereocenters. The van der Waals surface area contributed by atoms with Gasteiger partial charge in [-0.05, 0) is 37.0 Å². The van der Waals surface area contributed by atoms with E-state index < -0.39 is 0 Å². The summed E-state index contributed by atoms with van der Waals surface area (Å²) in [7, 11) is 0. The van der Waals surface area contributed by atoms with Crippen molar-refractivity contribution in [3.63, 3.8) is 0 Å². The van der Waals surface area contributed by atoms with Crippen molar-refractivity contribution < 1.29 is 4.39 Å². The van der Waals surface area contributed by atoms with Crippen molar-refractivity contribution in [1.82, 2.24) is 0 Å². The van der Waals surface area contributed by atoms with E-state index in [2.05, 4.69) is 6.08 Å². The van der Waals surface area contributed by atoms with Crippen molar-refractivity contribution in [1.29, 1.82) is 0 Å². The molecule has 0 aromatic heterocycles. The predicted molar refractivity (Wildman–Crippen MR) is 56.3 cm³/mol. The molecular weight excluding hydrogens is 177 g/mol. The Hall–Kier alpha value is -1.15.